The average Bonchev–Trinajstić information content (AvgIpc) is 2.88. The molecule has 19 heavy (non-hydrogen) atoms. The fourth-order valence-electron chi connectivity index (χ4n) is 1.90. The Bertz CT molecular complexity index is 731. The molecule has 3 rings (SSSR count). The van der Waals surface area contributed by atoms with E-state index in [0.717, 1.165) is 15.8 Å². The first-order valence-corrected chi connectivity index (χ1v) is 6.75. The number of aromatic hydroxyl groups is 1. The molecule has 0 saturated carbocycles. The lowest BCUT2D eigenvalue weighted by atomic mass is 10.0. The number of carbonyl (C=O) groups is 1. The van der Waals surface area contributed by atoms with Crippen molar-refractivity contribution < 1.29 is 9.90 Å². The van der Waals surface area contributed by atoms with Crippen molar-refractivity contribution in [3.8, 4) is 5.75 Å². The maximum absolute atomic E-state index is 12.2. The quantitative estimate of drug-likeness (QED) is 0.741. The number of ketones is 1. The average molecular weight is 269 g/mol. The number of phenols is 1. The third kappa shape index (κ3) is 2.48. The number of hydrogen-bond acceptors (Lipinski definition) is 4. The Labute approximate surface area is 114 Å². The summed E-state index contributed by atoms with van der Waals surface area (Å²) in [6, 6.07) is 10.5. The fraction of sp³-hybridized carbons (Fsp3) is 0.0667. The number of nitrogens with zero attached hydrogens (tertiary/aromatic N) is 1. The van der Waals surface area contributed by atoms with Gasteiger partial charge < -0.3 is 5.11 Å². The molecule has 0 aliphatic carbocycles. The summed E-state index contributed by atoms with van der Waals surface area (Å²) in [5.74, 6) is 0.242. The van der Waals surface area contributed by atoms with E-state index in [1.807, 2.05) is 17.5 Å². The molecule has 2 aromatic heterocycles. The van der Waals surface area contributed by atoms with E-state index in [-0.39, 0.29) is 11.5 Å². The van der Waals surface area contributed by atoms with Crippen LogP contribution in [0.15, 0.2) is 48.0 Å². The number of benzene rings is 1. The minimum atomic E-state index is 0.0356. The van der Waals surface area contributed by atoms with E-state index in [9.17, 15) is 9.90 Å². The zero-order valence-electron chi connectivity index (χ0n) is 10.0. The van der Waals surface area contributed by atoms with E-state index in [1.54, 1.807) is 41.8 Å². The molecule has 0 atom stereocenters. The Morgan fingerprint density at radius 1 is 1.21 bits per heavy atom. The van der Waals surface area contributed by atoms with Crippen LogP contribution in [0.3, 0.4) is 0 Å². The van der Waals surface area contributed by atoms with Crippen LogP contribution >= 0.6 is 11.3 Å². The van der Waals surface area contributed by atoms with Crippen molar-refractivity contribution in [2.75, 3.05) is 0 Å². The Hall–Kier alpha value is -2.20. The van der Waals surface area contributed by atoms with Gasteiger partial charge in [-0.3, -0.25) is 9.78 Å². The predicted molar refractivity (Wildman–Crippen MR) is 75.8 cm³/mol. The normalized spacial score (nSPS) is 10.7. The molecule has 1 N–H and O–H groups in total. The number of hydrogen-bond donors (Lipinski definition) is 1. The first-order valence-electron chi connectivity index (χ1n) is 5.87. The number of aromatic nitrogens is 1. The van der Waals surface area contributed by atoms with Gasteiger partial charge in [0.15, 0.2) is 5.78 Å². The highest BCUT2D eigenvalue weighted by atomic mass is 32.1. The molecule has 0 bridgehead atoms. The van der Waals surface area contributed by atoms with Gasteiger partial charge in [0.25, 0.3) is 0 Å². The van der Waals surface area contributed by atoms with Gasteiger partial charge in [-0.1, -0.05) is 12.1 Å². The fourth-order valence-corrected chi connectivity index (χ4v) is 2.68. The lowest BCUT2D eigenvalue weighted by molar-refractivity contribution is 0.0993. The van der Waals surface area contributed by atoms with Crippen molar-refractivity contribution in [1.82, 2.24) is 4.98 Å². The summed E-state index contributed by atoms with van der Waals surface area (Å²) in [6.07, 6.45) is 1.94. The van der Waals surface area contributed by atoms with Crippen molar-refractivity contribution in [3.63, 3.8) is 0 Å². The highest BCUT2D eigenvalue weighted by Gasteiger charge is 2.09. The number of phenolic OH excluding ortho intramolecular Hbond substituents is 1. The van der Waals surface area contributed by atoms with Crippen LogP contribution in [0, 0.1) is 0 Å². The third-order valence-electron chi connectivity index (χ3n) is 2.93. The summed E-state index contributed by atoms with van der Waals surface area (Å²) >= 11 is 1.58. The van der Waals surface area contributed by atoms with Crippen LogP contribution in [-0.4, -0.2) is 15.9 Å². The van der Waals surface area contributed by atoms with Gasteiger partial charge in [0.2, 0.25) is 0 Å². The second kappa shape index (κ2) is 4.82. The third-order valence-corrected chi connectivity index (χ3v) is 3.78. The van der Waals surface area contributed by atoms with E-state index in [1.165, 1.54) is 0 Å². The van der Waals surface area contributed by atoms with E-state index in [0.29, 0.717) is 12.0 Å². The summed E-state index contributed by atoms with van der Waals surface area (Å²) in [4.78, 5) is 16.4. The monoisotopic (exact) mass is 269 g/mol. The first-order chi connectivity index (χ1) is 9.22. The minimum Gasteiger partial charge on any atom is -0.508 e. The maximum atomic E-state index is 12.2. The second-order valence-electron chi connectivity index (χ2n) is 4.29. The van der Waals surface area contributed by atoms with Crippen LogP contribution in [-0.2, 0) is 6.42 Å². The maximum Gasteiger partial charge on any atom is 0.168 e. The van der Waals surface area contributed by atoms with Crippen LogP contribution in [0.25, 0.3) is 10.2 Å². The highest BCUT2D eigenvalue weighted by Crippen LogP contribution is 2.20. The van der Waals surface area contributed by atoms with Gasteiger partial charge in [0.05, 0.1) is 10.2 Å². The number of pyridine rings is 1. The van der Waals surface area contributed by atoms with Gasteiger partial charge in [-0.05, 0) is 35.2 Å². The van der Waals surface area contributed by atoms with E-state index in [2.05, 4.69) is 4.98 Å². The van der Waals surface area contributed by atoms with Crippen LogP contribution in [0.5, 0.6) is 5.75 Å². The summed E-state index contributed by atoms with van der Waals surface area (Å²) in [6.45, 7) is 0. The van der Waals surface area contributed by atoms with Crippen LogP contribution in [0.2, 0.25) is 0 Å². The Morgan fingerprint density at radius 3 is 2.79 bits per heavy atom. The number of rotatable bonds is 3. The topological polar surface area (TPSA) is 50.2 Å². The Kier molecular flexibility index (Phi) is 3.01. The molecular formula is C15H11NO2S. The summed E-state index contributed by atoms with van der Waals surface area (Å²) in [7, 11) is 0. The standard InChI is InChI=1S/C15H11NO2S/c17-12-3-1-10(2-4-12)7-14(18)11-8-15-13(16-9-11)5-6-19-15/h1-6,8-9,17H,7H2. The molecule has 0 aliphatic rings. The zero-order chi connectivity index (χ0) is 13.2. The SMILES string of the molecule is O=C(Cc1ccc(O)cc1)c1cnc2ccsc2c1. The van der Waals surface area contributed by atoms with Crippen molar-refractivity contribution in [2.24, 2.45) is 0 Å². The Balaban J connectivity index is 1.84. The zero-order valence-corrected chi connectivity index (χ0v) is 10.9. The lowest BCUT2D eigenvalue weighted by Crippen LogP contribution is -2.03. The molecule has 4 heteroatoms. The lowest BCUT2D eigenvalue weighted by Gasteiger charge is -2.02. The van der Waals surface area contributed by atoms with Crippen LogP contribution in [0.4, 0.5) is 0 Å². The van der Waals surface area contributed by atoms with Crippen LogP contribution in [0.1, 0.15) is 15.9 Å². The molecule has 0 fully saturated rings. The molecule has 0 spiro atoms. The molecule has 1 aromatic carbocycles. The van der Waals surface area contributed by atoms with Gasteiger partial charge in [-0.2, -0.15) is 0 Å². The molecule has 0 saturated heterocycles. The van der Waals surface area contributed by atoms with Gasteiger partial charge in [-0.15, -0.1) is 11.3 Å². The number of fused-ring (bicyclic) bond motifs is 1. The van der Waals surface area contributed by atoms with Crippen molar-refractivity contribution in [2.45, 2.75) is 6.42 Å². The molecule has 0 aliphatic heterocycles. The summed E-state index contributed by atoms with van der Waals surface area (Å²) in [5, 5.41) is 11.2. The van der Waals surface area contributed by atoms with Crippen molar-refractivity contribution in [3.05, 3.63) is 59.1 Å². The molecule has 3 nitrogen and oxygen atoms in total. The smallest absolute Gasteiger partial charge is 0.168 e. The van der Waals surface area contributed by atoms with Crippen molar-refractivity contribution in [1.29, 1.82) is 0 Å². The van der Waals surface area contributed by atoms with Gasteiger partial charge in [0.1, 0.15) is 5.75 Å². The van der Waals surface area contributed by atoms with E-state index < -0.39 is 0 Å². The Morgan fingerprint density at radius 2 is 2.00 bits per heavy atom. The summed E-state index contributed by atoms with van der Waals surface area (Å²) < 4.78 is 1.02. The molecule has 2 heterocycles. The minimum absolute atomic E-state index is 0.0356. The van der Waals surface area contributed by atoms with Gasteiger partial charge in [-0.25, -0.2) is 0 Å². The largest absolute Gasteiger partial charge is 0.508 e. The number of Topliss-reactive ketones (excluding diaryl/α,β-unsaturated/α-hetero) is 1. The molecule has 3 aromatic rings. The number of thiophene rings is 1. The van der Waals surface area contributed by atoms with Crippen LogP contribution < -0.4 is 0 Å². The predicted octanol–water partition coefficient (Wildman–Crippen LogP) is 3.43. The number of carbonyl (C=O) groups excluding carboxylic acids is 1. The molecule has 0 radical (unpaired) electrons. The second-order valence-corrected chi connectivity index (χ2v) is 5.24. The van der Waals surface area contributed by atoms with E-state index >= 15 is 0 Å². The molecular weight excluding hydrogens is 258 g/mol. The molecule has 0 unspecified atom stereocenters. The molecule has 94 valence electrons. The molecule has 0 amide bonds. The first kappa shape index (κ1) is 11.9. The highest BCUT2D eigenvalue weighted by molar-refractivity contribution is 7.17. The van der Waals surface area contributed by atoms with Crippen molar-refractivity contribution >= 4 is 27.3 Å². The van der Waals surface area contributed by atoms with Gasteiger partial charge in [0, 0.05) is 18.2 Å². The summed E-state index contributed by atoms with van der Waals surface area (Å²) in [5.41, 5.74) is 2.43. The van der Waals surface area contributed by atoms with E-state index in [4.69, 9.17) is 0 Å². The van der Waals surface area contributed by atoms with Gasteiger partial charge >= 0.3 is 0 Å².